The highest BCUT2D eigenvalue weighted by molar-refractivity contribution is 7.99. The maximum absolute atomic E-state index is 13.3. The molecule has 2 aromatic heterocycles. The minimum Gasteiger partial charge on any atom is -0.325 e. The molecule has 8 heteroatoms. The molecule has 1 amide bonds. The van der Waals surface area contributed by atoms with E-state index in [9.17, 15) is 9.18 Å². The Morgan fingerprint density at radius 1 is 1.25 bits per heavy atom. The third-order valence-corrected chi connectivity index (χ3v) is 4.24. The van der Waals surface area contributed by atoms with Gasteiger partial charge in [0.25, 0.3) is 5.78 Å². The van der Waals surface area contributed by atoms with Crippen molar-refractivity contribution in [3.63, 3.8) is 0 Å². The van der Waals surface area contributed by atoms with E-state index in [0.717, 1.165) is 17.0 Å². The van der Waals surface area contributed by atoms with Gasteiger partial charge in [-0.2, -0.15) is 4.98 Å². The van der Waals surface area contributed by atoms with Crippen molar-refractivity contribution in [2.75, 3.05) is 11.1 Å². The summed E-state index contributed by atoms with van der Waals surface area (Å²) >= 11 is 1.21. The summed E-state index contributed by atoms with van der Waals surface area (Å²) in [5.74, 6) is 0.0116. The third kappa shape index (κ3) is 3.53. The second-order valence-electron chi connectivity index (χ2n) is 5.44. The first-order chi connectivity index (χ1) is 11.4. The van der Waals surface area contributed by atoms with Crippen LogP contribution in [0.3, 0.4) is 0 Å². The van der Waals surface area contributed by atoms with Crippen molar-refractivity contribution in [3.05, 3.63) is 47.0 Å². The van der Waals surface area contributed by atoms with Crippen LogP contribution in [0.15, 0.2) is 29.4 Å². The van der Waals surface area contributed by atoms with Gasteiger partial charge in [-0.1, -0.05) is 17.8 Å². The molecular weight excluding hydrogens is 329 g/mol. The highest BCUT2D eigenvalue weighted by Gasteiger charge is 2.11. The minimum absolute atomic E-state index is 0.130. The molecule has 0 aliphatic carbocycles. The van der Waals surface area contributed by atoms with Gasteiger partial charge >= 0.3 is 0 Å². The topological polar surface area (TPSA) is 72.2 Å². The monoisotopic (exact) mass is 345 g/mol. The number of rotatable bonds is 4. The van der Waals surface area contributed by atoms with Gasteiger partial charge in [-0.25, -0.2) is 13.9 Å². The number of fused-ring (bicyclic) bond motifs is 1. The Balaban J connectivity index is 1.68. The molecule has 124 valence electrons. The minimum atomic E-state index is -0.387. The number of hydrogen-bond acceptors (Lipinski definition) is 5. The lowest BCUT2D eigenvalue weighted by molar-refractivity contribution is -0.113. The van der Waals surface area contributed by atoms with Gasteiger partial charge in [-0.3, -0.25) is 4.79 Å². The predicted molar refractivity (Wildman–Crippen MR) is 90.7 cm³/mol. The van der Waals surface area contributed by atoms with E-state index in [4.69, 9.17) is 0 Å². The van der Waals surface area contributed by atoms with Crippen LogP contribution >= 0.6 is 11.8 Å². The molecule has 3 rings (SSSR count). The standard InChI is InChI=1S/C16H16FN5OS/c1-9-4-5-12(17)7-13(9)19-14(23)8-24-16-20-15-18-10(2)6-11(3)22(15)21-16/h4-7H,8H2,1-3H3,(H,19,23). The zero-order chi connectivity index (χ0) is 17.3. The normalized spacial score (nSPS) is 11.0. The average molecular weight is 345 g/mol. The molecule has 6 nitrogen and oxygen atoms in total. The van der Waals surface area contributed by atoms with Gasteiger partial charge in [0.05, 0.1) is 5.75 Å². The maximum atomic E-state index is 13.3. The Hall–Kier alpha value is -2.48. The summed E-state index contributed by atoms with van der Waals surface area (Å²) in [6, 6.07) is 6.20. The maximum Gasteiger partial charge on any atom is 0.253 e. The fourth-order valence-corrected chi connectivity index (χ4v) is 2.87. The van der Waals surface area contributed by atoms with Gasteiger partial charge in [-0.15, -0.1) is 5.10 Å². The molecule has 0 atom stereocenters. The lowest BCUT2D eigenvalue weighted by Crippen LogP contribution is -2.15. The number of carbonyl (C=O) groups excluding carboxylic acids is 1. The average Bonchev–Trinajstić information content (AvgIpc) is 2.92. The smallest absolute Gasteiger partial charge is 0.253 e. The molecule has 1 N–H and O–H groups in total. The third-order valence-electron chi connectivity index (χ3n) is 3.40. The van der Waals surface area contributed by atoms with Gasteiger partial charge in [-0.05, 0) is 44.5 Å². The Kier molecular flexibility index (Phi) is 4.48. The number of anilines is 1. The van der Waals surface area contributed by atoms with E-state index in [-0.39, 0.29) is 17.5 Å². The zero-order valence-electron chi connectivity index (χ0n) is 13.5. The Morgan fingerprint density at radius 3 is 2.83 bits per heavy atom. The van der Waals surface area contributed by atoms with Gasteiger partial charge < -0.3 is 5.32 Å². The van der Waals surface area contributed by atoms with Crippen LogP contribution in [0.2, 0.25) is 0 Å². The highest BCUT2D eigenvalue weighted by atomic mass is 32.2. The van der Waals surface area contributed by atoms with E-state index < -0.39 is 0 Å². The van der Waals surface area contributed by atoms with Crippen LogP contribution < -0.4 is 5.32 Å². The number of halogens is 1. The SMILES string of the molecule is Cc1cc(C)n2nc(SCC(=O)Nc3cc(F)ccc3C)nc2n1. The number of carbonyl (C=O) groups is 1. The van der Waals surface area contributed by atoms with E-state index in [2.05, 4.69) is 20.4 Å². The molecule has 0 spiro atoms. The molecule has 1 aromatic carbocycles. The van der Waals surface area contributed by atoms with Crippen molar-refractivity contribution in [1.29, 1.82) is 0 Å². The van der Waals surface area contributed by atoms with Crippen LogP contribution in [-0.4, -0.2) is 31.2 Å². The molecule has 0 unspecified atom stereocenters. The summed E-state index contributed by atoms with van der Waals surface area (Å²) < 4.78 is 14.9. The first kappa shape index (κ1) is 16.4. The van der Waals surface area contributed by atoms with Crippen LogP contribution in [0.25, 0.3) is 5.78 Å². The number of amides is 1. The van der Waals surface area contributed by atoms with Crippen molar-refractivity contribution in [3.8, 4) is 0 Å². The van der Waals surface area contributed by atoms with E-state index in [1.807, 2.05) is 26.8 Å². The first-order valence-electron chi connectivity index (χ1n) is 7.32. The number of nitrogens with zero attached hydrogens (tertiary/aromatic N) is 4. The number of benzene rings is 1. The van der Waals surface area contributed by atoms with Crippen molar-refractivity contribution in [2.45, 2.75) is 25.9 Å². The van der Waals surface area contributed by atoms with Crippen molar-refractivity contribution in [2.24, 2.45) is 0 Å². The summed E-state index contributed by atoms with van der Waals surface area (Å²) in [6.45, 7) is 5.62. The number of hydrogen-bond donors (Lipinski definition) is 1. The van der Waals surface area contributed by atoms with E-state index in [0.29, 0.717) is 16.6 Å². The van der Waals surface area contributed by atoms with Crippen LogP contribution in [0, 0.1) is 26.6 Å². The second-order valence-corrected chi connectivity index (χ2v) is 6.38. The molecule has 0 radical (unpaired) electrons. The Morgan fingerprint density at radius 2 is 2.04 bits per heavy atom. The lowest BCUT2D eigenvalue weighted by atomic mass is 10.2. The summed E-state index contributed by atoms with van der Waals surface area (Å²) in [7, 11) is 0. The molecular formula is C16H16FN5OS. The fourth-order valence-electron chi connectivity index (χ4n) is 2.25. The summed E-state index contributed by atoms with van der Waals surface area (Å²) in [4.78, 5) is 20.7. The summed E-state index contributed by atoms with van der Waals surface area (Å²) in [5.41, 5.74) is 3.06. The molecule has 0 bridgehead atoms. The molecule has 0 aliphatic rings. The second kappa shape index (κ2) is 6.56. The number of nitrogens with one attached hydrogen (secondary N) is 1. The van der Waals surface area contributed by atoms with Crippen LogP contribution in [0.4, 0.5) is 10.1 Å². The predicted octanol–water partition coefficient (Wildman–Crippen LogP) is 2.92. The van der Waals surface area contributed by atoms with Gasteiger partial charge in [0.15, 0.2) is 0 Å². The van der Waals surface area contributed by atoms with Crippen LogP contribution in [0.1, 0.15) is 17.0 Å². The zero-order valence-corrected chi connectivity index (χ0v) is 14.3. The van der Waals surface area contributed by atoms with Gasteiger partial charge in [0, 0.05) is 17.1 Å². The molecule has 0 fully saturated rings. The summed E-state index contributed by atoms with van der Waals surface area (Å²) in [5, 5.41) is 7.50. The molecule has 24 heavy (non-hydrogen) atoms. The van der Waals surface area contributed by atoms with E-state index in [1.165, 1.54) is 23.9 Å². The molecule has 2 heterocycles. The van der Waals surface area contributed by atoms with Crippen molar-refractivity contribution in [1.82, 2.24) is 19.6 Å². The van der Waals surface area contributed by atoms with E-state index in [1.54, 1.807) is 10.6 Å². The van der Waals surface area contributed by atoms with Gasteiger partial charge in [0.2, 0.25) is 11.1 Å². The number of thioether (sulfide) groups is 1. The molecule has 0 saturated heterocycles. The molecule has 0 saturated carbocycles. The van der Waals surface area contributed by atoms with Crippen molar-refractivity contribution < 1.29 is 9.18 Å². The van der Waals surface area contributed by atoms with Crippen LogP contribution in [0.5, 0.6) is 0 Å². The molecule has 3 aromatic rings. The van der Waals surface area contributed by atoms with Crippen molar-refractivity contribution >= 4 is 29.1 Å². The molecule has 0 aliphatic heterocycles. The first-order valence-corrected chi connectivity index (χ1v) is 8.31. The number of aromatic nitrogens is 4. The fraction of sp³-hybridized carbons (Fsp3) is 0.250. The van der Waals surface area contributed by atoms with Gasteiger partial charge in [0.1, 0.15) is 5.82 Å². The quantitative estimate of drug-likeness (QED) is 0.736. The Labute approximate surface area is 142 Å². The Bertz CT molecular complexity index is 924. The highest BCUT2D eigenvalue weighted by Crippen LogP contribution is 2.18. The summed E-state index contributed by atoms with van der Waals surface area (Å²) in [6.07, 6.45) is 0. The lowest BCUT2D eigenvalue weighted by Gasteiger charge is -2.07. The number of aryl methyl sites for hydroxylation is 3. The van der Waals surface area contributed by atoms with E-state index >= 15 is 0 Å². The largest absolute Gasteiger partial charge is 0.325 e. The van der Waals surface area contributed by atoms with Crippen LogP contribution in [-0.2, 0) is 4.79 Å².